The van der Waals surface area contributed by atoms with Crippen molar-refractivity contribution < 1.29 is 10.2 Å². The molecule has 2 heteroatoms. The zero-order valence-corrected chi connectivity index (χ0v) is 7.53. The lowest BCUT2D eigenvalue weighted by Gasteiger charge is -2.06. The molecule has 2 rings (SSSR count). The number of aryl methyl sites for hydroxylation is 1. The van der Waals surface area contributed by atoms with E-state index in [-0.39, 0.29) is 12.7 Å². The molecule has 2 nitrogen and oxygen atoms in total. The van der Waals surface area contributed by atoms with Gasteiger partial charge in [0.2, 0.25) is 0 Å². The van der Waals surface area contributed by atoms with Gasteiger partial charge in [0.25, 0.3) is 0 Å². The van der Waals surface area contributed by atoms with Crippen molar-refractivity contribution in [2.45, 2.75) is 25.4 Å². The van der Waals surface area contributed by atoms with Crippen molar-refractivity contribution in [2.75, 3.05) is 6.61 Å². The third-order valence-electron chi connectivity index (χ3n) is 2.66. The van der Waals surface area contributed by atoms with E-state index in [1.54, 1.807) is 0 Å². The normalized spacial score (nSPS) is 20.3. The highest BCUT2D eigenvalue weighted by Gasteiger charge is 2.19. The summed E-state index contributed by atoms with van der Waals surface area (Å²) in [7, 11) is 0. The molecule has 0 bridgehead atoms. The Labute approximate surface area is 77.8 Å². The van der Waals surface area contributed by atoms with Crippen LogP contribution >= 0.6 is 0 Å². The molecule has 0 fully saturated rings. The minimum atomic E-state index is -0.284. The van der Waals surface area contributed by atoms with Crippen LogP contribution in [0.4, 0.5) is 0 Å². The van der Waals surface area contributed by atoms with Gasteiger partial charge in [0.05, 0.1) is 6.10 Å². The highest BCUT2D eigenvalue weighted by atomic mass is 16.3. The van der Waals surface area contributed by atoms with E-state index >= 15 is 0 Å². The van der Waals surface area contributed by atoms with Gasteiger partial charge in [0.15, 0.2) is 0 Å². The average molecular weight is 178 g/mol. The summed E-state index contributed by atoms with van der Waals surface area (Å²) in [5.74, 6) is 0. The fraction of sp³-hybridized carbons (Fsp3) is 0.455. The van der Waals surface area contributed by atoms with Gasteiger partial charge in [-0.25, -0.2) is 0 Å². The Hall–Kier alpha value is -0.860. The molecule has 70 valence electrons. The minimum Gasteiger partial charge on any atom is -0.396 e. The van der Waals surface area contributed by atoms with E-state index in [9.17, 15) is 5.11 Å². The lowest BCUT2D eigenvalue weighted by atomic mass is 10.0. The highest BCUT2D eigenvalue weighted by molar-refractivity contribution is 5.37. The van der Waals surface area contributed by atoms with Crippen molar-refractivity contribution in [1.82, 2.24) is 0 Å². The lowest BCUT2D eigenvalue weighted by Crippen LogP contribution is -1.95. The first-order valence-electron chi connectivity index (χ1n) is 4.72. The summed E-state index contributed by atoms with van der Waals surface area (Å²) in [4.78, 5) is 0. The first-order chi connectivity index (χ1) is 6.31. The van der Waals surface area contributed by atoms with Crippen molar-refractivity contribution in [3.05, 3.63) is 34.9 Å². The smallest absolute Gasteiger partial charge is 0.0796 e. The molecule has 0 aromatic heterocycles. The number of aliphatic hydroxyl groups is 2. The second-order valence-electron chi connectivity index (χ2n) is 3.56. The first kappa shape index (κ1) is 8.73. The fourth-order valence-corrected chi connectivity index (χ4v) is 1.91. The number of aliphatic hydroxyl groups excluding tert-OH is 2. The number of fused-ring (bicyclic) bond motifs is 1. The van der Waals surface area contributed by atoms with Gasteiger partial charge in [-0.3, -0.25) is 0 Å². The molecule has 0 saturated carbocycles. The summed E-state index contributed by atoms with van der Waals surface area (Å²) >= 11 is 0. The van der Waals surface area contributed by atoms with Crippen LogP contribution in [0.15, 0.2) is 18.2 Å². The van der Waals surface area contributed by atoms with Crippen molar-refractivity contribution in [3.8, 4) is 0 Å². The van der Waals surface area contributed by atoms with Crippen LogP contribution in [0.5, 0.6) is 0 Å². The van der Waals surface area contributed by atoms with Gasteiger partial charge in [-0.15, -0.1) is 0 Å². The molecular weight excluding hydrogens is 164 g/mol. The summed E-state index contributed by atoms with van der Waals surface area (Å²) in [6.45, 7) is 0.175. The predicted octanol–water partition coefficient (Wildman–Crippen LogP) is 1.20. The maximum absolute atomic E-state index is 9.61. The van der Waals surface area contributed by atoms with Crippen LogP contribution in [0.25, 0.3) is 0 Å². The van der Waals surface area contributed by atoms with E-state index in [2.05, 4.69) is 6.07 Å². The predicted molar refractivity (Wildman–Crippen MR) is 50.5 cm³/mol. The number of benzene rings is 1. The Kier molecular flexibility index (Phi) is 2.34. The Bertz CT molecular complexity index is 307. The Morgan fingerprint density at radius 1 is 1.38 bits per heavy atom. The van der Waals surface area contributed by atoms with Gasteiger partial charge in [-0.2, -0.15) is 0 Å². The van der Waals surface area contributed by atoms with Crippen LogP contribution in [-0.4, -0.2) is 16.8 Å². The average Bonchev–Trinajstić information content (AvgIpc) is 2.49. The van der Waals surface area contributed by atoms with Crippen molar-refractivity contribution in [1.29, 1.82) is 0 Å². The topological polar surface area (TPSA) is 40.5 Å². The summed E-state index contributed by atoms with van der Waals surface area (Å²) < 4.78 is 0. The van der Waals surface area contributed by atoms with E-state index in [0.29, 0.717) is 6.42 Å². The lowest BCUT2D eigenvalue weighted by molar-refractivity contribution is 0.180. The van der Waals surface area contributed by atoms with E-state index in [4.69, 9.17) is 5.11 Å². The van der Waals surface area contributed by atoms with Crippen molar-refractivity contribution in [3.63, 3.8) is 0 Å². The van der Waals surface area contributed by atoms with Crippen LogP contribution in [0.3, 0.4) is 0 Å². The maximum Gasteiger partial charge on any atom is 0.0796 e. The molecule has 0 radical (unpaired) electrons. The first-order valence-corrected chi connectivity index (χ1v) is 4.72. The third-order valence-corrected chi connectivity index (χ3v) is 2.66. The van der Waals surface area contributed by atoms with Crippen molar-refractivity contribution in [2.24, 2.45) is 0 Å². The van der Waals surface area contributed by atoms with Gasteiger partial charge in [-0.1, -0.05) is 18.2 Å². The van der Waals surface area contributed by atoms with E-state index in [1.807, 2.05) is 12.1 Å². The second kappa shape index (κ2) is 3.48. The van der Waals surface area contributed by atoms with Crippen LogP contribution in [0.2, 0.25) is 0 Å². The molecule has 13 heavy (non-hydrogen) atoms. The monoisotopic (exact) mass is 178 g/mol. The van der Waals surface area contributed by atoms with E-state index in [1.165, 1.54) is 5.56 Å². The SMILES string of the molecule is OCCc1ccc2c(c1)C(O)CC2. The molecule has 1 aromatic carbocycles. The molecule has 1 atom stereocenters. The minimum absolute atomic E-state index is 0.175. The highest BCUT2D eigenvalue weighted by Crippen LogP contribution is 2.31. The molecule has 1 aromatic rings. The molecule has 0 aliphatic heterocycles. The van der Waals surface area contributed by atoms with Gasteiger partial charge in [0.1, 0.15) is 0 Å². The molecule has 0 spiro atoms. The van der Waals surface area contributed by atoms with Crippen LogP contribution in [0.1, 0.15) is 29.2 Å². The number of rotatable bonds is 2. The summed E-state index contributed by atoms with van der Waals surface area (Å²) in [6.07, 6.45) is 2.22. The molecule has 0 saturated heterocycles. The Morgan fingerprint density at radius 2 is 2.23 bits per heavy atom. The fourth-order valence-electron chi connectivity index (χ4n) is 1.91. The zero-order valence-electron chi connectivity index (χ0n) is 7.53. The Morgan fingerprint density at radius 3 is 3.00 bits per heavy atom. The second-order valence-corrected chi connectivity index (χ2v) is 3.56. The number of hydrogen-bond acceptors (Lipinski definition) is 2. The molecule has 0 heterocycles. The van der Waals surface area contributed by atoms with Crippen LogP contribution < -0.4 is 0 Å². The van der Waals surface area contributed by atoms with E-state index < -0.39 is 0 Å². The molecule has 0 amide bonds. The number of hydrogen-bond donors (Lipinski definition) is 2. The zero-order chi connectivity index (χ0) is 9.26. The van der Waals surface area contributed by atoms with Crippen LogP contribution in [-0.2, 0) is 12.8 Å². The maximum atomic E-state index is 9.61. The quantitative estimate of drug-likeness (QED) is 0.714. The van der Waals surface area contributed by atoms with Gasteiger partial charge in [0, 0.05) is 6.61 Å². The van der Waals surface area contributed by atoms with Gasteiger partial charge < -0.3 is 10.2 Å². The standard InChI is InChI=1S/C11H14O2/c12-6-5-8-1-2-9-3-4-11(13)10(9)7-8/h1-2,7,11-13H,3-6H2. The van der Waals surface area contributed by atoms with Crippen LogP contribution in [0, 0.1) is 0 Å². The Balaban J connectivity index is 2.31. The van der Waals surface area contributed by atoms with Gasteiger partial charge in [-0.05, 0) is 36.0 Å². The summed E-state index contributed by atoms with van der Waals surface area (Å²) in [5.41, 5.74) is 3.43. The molecule has 1 aliphatic rings. The van der Waals surface area contributed by atoms with Gasteiger partial charge >= 0.3 is 0 Å². The van der Waals surface area contributed by atoms with E-state index in [0.717, 1.165) is 24.0 Å². The molecule has 2 N–H and O–H groups in total. The third kappa shape index (κ3) is 1.60. The summed E-state index contributed by atoms with van der Waals surface area (Å²) in [6, 6.07) is 6.12. The largest absolute Gasteiger partial charge is 0.396 e. The molecular formula is C11H14O2. The summed E-state index contributed by atoms with van der Waals surface area (Å²) in [5, 5.41) is 18.4. The van der Waals surface area contributed by atoms with Crippen molar-refractivity contribution >= 4 is 0 Å². The molecule has 1 unspecified atom stereocenters. The molecule has 1 aliphatic carbocycles.